The van der Waals surface area contributed by atoms with Crippen molar-refractivity contribution in [3.05, 3.63) is 24.3 Å². The van der Waals surface area contributed by atoms with Crippen molar-refractivity contribution >= 4 is 5.97 Å². The van der Waals surface area contributed by atoms with E-state index in [1.165, 1.54) is 6.33 Å². The van der Waals surface area contributed by atoms with Crippen molar-refractivity contribution in [2.75, 3.05) is 6.61 Å². The molecule has 0 saturated heterocycles. The first-order valence-corrected chi connectivity index (χ1v) is 3.32. The molecule has 0 radical (unpaired) electrons. The fraction of sp³-hybridized carbons (Fsp3) is 0.286. The van der Waals surface area contributed by atoms with Crippen LogP contribution in [-0.2, 0) is 16.1 Å². The van der Waals surface area contributed by atoms with Crippen LogP contribution in [0.2, 0.25) is 0 Å². The van der Waals surface area contributed by atoms with Gasteiger partial charge in [-0.25, -0.2) is 14.8 Å². The summed E-state index contributed by atoms with van der Waals surface area (Å²) in [6.07, 6.45) is 4.56. The van der Waals surface area contributed by atoms with E-state index in [4.69, 9.17) is 9.84 Å². The second kappa shape index (κ2) is 4.40. The number of carboxylic acids is 1. The fourth-order valence-electron chi connectivity index (χ4n) is 0.661. The topological polar surface area (TPSA) is 72.3 Å². The van der Waals surface area contributed by atoms with Crippen LogP contribution in [0.1, 0.15) is 5.56 Å². The molecule has 5 nitrogen and oxygen atoms in total. The number of aromatic nitrogens is 2. The molecule has 1 aromatic heterocycles. The largest absolute Gasteiger partial charge is 0.480 e. The molecule has 5 heteroatoms. The Hall–Kier alpha value is -1.49. The zero-order valence-electron chi connectivity index (χ0n) is 6.30. The van der Waals surface area contributed by atoms with Crippen LogP contribution in [-0.4, -0.2) is 27.7 Å². The van der Waals surface area contributed by atoms with Crippen molar-refractivity contribution < 1.29 is 14.6 Å². The lowest BCUT2D eigenvalue weighted by Gasteiger charge is -1.98. The van der Waals surface area contributed by atoms with Gasteiger partial charge in [0.05, 0.1) is 6.61 Å². The molecular formula is C7H8N2O3. The highest BCUT2D eigenvalue weighted by atomic mass is 16.5. The molecule has 0 aliphatic heterocycles. The third kappa shape index (κ3) is 3.07. The molecule has 0 saturated carbocycles. The summed E-state index contributed by atoms with van der Waals surface area (Å²) >= 11 is 0. The van der Waals surface area contributed by atoms with Crippen LogP contribution in [0.5, 0.6) is 0 Å². The average Bonchev–Trinajstić information content (AvgIpc) is 2.05. The van der Waals surface area contributed by atoms with E-state index in [1.807, 2.05) is 0 Å². The second-order valence-corrected chi connectivity index (χ2v) is 2.13. The smallest absolute Gasteiger partial charge is 0.329 e. The van der Waals surface area contributed by atoms with Crippen molar-refractivity contribution in [1.82, 2.24) is 9.97 Å². The fourth-order valence-corrected chi connectivity index (χ4v) is 0.661. The summed E-state index contributed by atoms with van der Waals surface area (Å²) in [7, 11) is 0. The lowest BCUT2D eigenvalue weighted by molar-refractivity contribution is -0.142. The van der Waals surface area contributed by atoms with E-state index in [-0.39, 0.29) is 13.2 Å². The molecule has 0 bridgehead atoms. The first-order chi connectivity index (χ1) is 5.79. The third-order valence-corrected chi connectivity index (χ3v) is 1.11. The molecule has 12 heavy (non-hydrogen) atoms. The van der Waals surface area contributed by atoms with Crippen molar-refractivity contribution in [3.63, 3.8) is 0 Å². The van der Waals surface area contributed by atoms with Gasteiger partial charge < -0.3 is 9.84 Å². The minimum absolute atomic E-state index is 0.229. The van der Waals surface area contributed by atoms with Crippen LogP contribution in [0.3, 0.4) is 0 Å². The number of rotatable bonds is 4. The molecule has 0 aliphatic carbocycles. The van der Waals surface area contributed by atoms with Gasteiger partial charge in [-0.15, -0.1) is 0 Å². The van der Waals surface area contributed by atoms with Crippen molar-refractivity contribution in [2.45, 2.75) is 6.61 Å². The number of hydrogen-bond donors (Lipinski definition) is 1. The highest BCUT2D eigenvalue weighted by Crippen LogP contribution is 1.94. The molecule has 0 amide bonds. The van der Waals surface area contributed by atoms with Crippen LogP contribution in [0.15, 0.2) is 18.7 Å². The molecule has 0 atom stereocenters. The lowest BCUT2D eigenvalue weighted by atomic mass is 10.4. The van der Waals surface area contributed by atoms with Gasteiger partial charge in [0.1, 0.15) is 12.9 Å². The monoisotopic (exact) mass is 168 g/mol. The highest BCUT2D eigenvalue weighted by molar-refractivity contribution is 5.67. The predicted molar refractivity (Wildman–Crippen MR) is 39.3 cm³/mol. The van der Waals surface area contributed by atoms with Crippen LogP contribution in [0.4, 0.5) is 0 Å². The Morgan fingerprint density at radius 3 is 2.75 bits per heavy atom. The number of nitrogens with zero attached hydrogens (tertiary/aromatic N) is 2. The second-order valence-electron chi connectivity index (χ2n) is 2.13. The average molecular weight is 168 g/mol. The van der Waals surface area contributed by atoms with E-state index in [0.717, 1.165) is 5.56 Å². The van der Waals surface area contributed by atoms with E-state index in [1.54, 1.807) is 12.4 Å². The van der Waals surface area contributed by atoms with Gasteiger partial charge in [-0.1, -0.05) is 0 Å². The van der Waals surface area contributed by atoms with Gasteiger partial charge in [0.25, 0.3) is 0 Å². The Bertz CT molecular complexity index is 250. The van der Waals surface area contributed by atoms with E-state index in [0.29, 0.717) is 0 Å². The van der Waals surface area contributed by atoms with E-state index < -0.39 is 5.97 Å². The summed E-state index contributed by atoms with van der Waals surface area (Å²) in [6.45, 7) is -0.0674. The molecule has 0 aromatic carbocycles. The highest BCUT2D eigenvalue weighted by Gasteiger charge is 1.97. The molecule has 0 unspecified atom stereocenters. The Kier molecular flexibility index (Phi) is 3.16. The minimum Gasteiger partial charge on any atom is -0.480 e. The SMILES string of the molecule is O=C(O)COCc1cncnc1. The molecule has 1 rings (SSSR count). The molecule has 1 aromatic rings. The Labute approximate surface area is 69.0 Å². The Balaban J connectivity index is 2.29. The first kappa shape index (κ1) is 8.61. The summed E-state index contributed by atoms with van der Waals surface area (Å²) in [6, 6.07) is 0. The van der Waals surface area contributed by atoms with Crippen molar-refractivity contribution in [1.29, 1.82) is 0 Å². The standard InChI is InChI=1S/C7H8N2O3/c10-7(11)4-12-3-6-1-8-5-9-2-6/h1-2,5H,3-4H2,(H,10,11). The minimum atomic E-state index is -0.980. The van der Waals surface area contributed by atoms with E-state index >= 15 is 0 Å². The Morgan fingerprint density at radius 2 is 2.17 bits per heavy atom. The van der Waals surface area contributed by atoms with Gasteiger partial charge in [0, 0.05) is 18.0 Å². The zero-order valence-corrected chi connectivity index (χ0v) is 6.30. The van der Waals surface area contributed by atoms with E-state index in [2.05, 4.69) is 9.97 Å². The summed E-state index contributed by atoms with van der Waals surface area (Å²) in [5.74, 6) is -0.980. The molecule has 0 fully saturated rings. The first-order valence-electron chi connectivity index (χ1n) is 3.32. The molecule has 1 heterocycles. The molecule has 0 aliphatic rings. The van der Waals surface area contributed by atoms with Crippen molar-refractivity contribution in [2.24, 2.45) is 0 Å². The summed E-state index contributed by atoms with van der Waals surface area (Å²) < 4.78 is 4.80. The lowest BCUT2D eigenvalue weighted by Crippen LogP contribution is -2.06. The molecule has 64 valence electrons. The number of ether oxygens (including phenoxy) is 1. The van der Waals surface area contributed by atoms with Gasteiger partial charge in [-0.05, 0) is 0 Å². The van der Waals surface area contributed by atoms with Crippen LogP contribution in [0, 0.1) is 0 Å². The predicted octanol–water partition coefficient (Wildman–Crippen LogP) is 0.0778. The molecular weight excluding hydrogens is 160 g/mol. The maximum absolute atomic E-state index is 10.0. The summed E-state index contributed by atoms with van der Waals surface area (Å²) in [4.78, 5) is 17.5. The zero-order chi connectivity index (χ0) is 8.81. The maximum atomic E-state index is 10.0. The van der Waals surface area contributed by atoms with Gasteiger partial charge in [-0.3, -0.25) is 0 Å². The van der Waals surface area contributed by atoms with Crippen LogP contribution >= 0.6 is 0 Å². The van der Waals surface area contributed by atoms with Gasteiger partial charge in [-0.2, -0.15) is 0 Å². The molecule has 1 N–H and O–H groups in total. The summed E-state index contributed by atoms with van der Waals surface area (Å²) in [5.41, 5.74) is 0.763. The van der Waals surface area contributed by atoms with Crippen LogP contribution < -0.4 is 0 Å². The van der Waals surface area contributed by atoms with Gasteiger partial charge in [0.15, 0.2) is 0 Å². The van der Waals surface area contributed by atoms with Crippen LogP contribution in [0.25, 0.3) is 0 Å². The van der Waals surface area contributed by atoms with E-state index in [9.17, 15) is 4.79 Å². The molecule has 0 spiro atoms. The van der Waals surface area contributed by atoms with Crippen molar-refractivity contribution in [3.8, 4) is 0 Å². The van der Waals surface area contributed by atoms with Gasteiger partial charge in [0.2, 0.25) is 0 Å². The quantitative estimate of drug-likeness (QED) is 0.689. The normalized spacial score (nSPS) is 9.67. The number of hydrogen-bond acceptors (Lipinski definition) is 4. The summed E-state index contributed by atoms with van der Waals surface area (Å²) in [5, 5.41) is 8.24. The number of carboxylic acid groups (broad SMARTS) is 1. The van der Waals surface area contributed by atoms with Gasteiger partial charge >= 0.3 is 5.97 Å². The number of carbonyl (C=O) groups is 1. The Morgan fingerprint density at radius 1 is 1.50 bits per heavy atom. The maximum Gasteiger partial charge on any atom is 0.329 e. The third-order valence-electron chi connectivity index (χ3n) is 1.11. The number of aliphatic carboxylic acids is 1.